The summed E-state index contributed by atoms with van der Waals surface area (Å²) in [6.07, 6.45) is 3.16. The Balaban J connectivity index is 2.41. The molecule has 1 N–H and O–H groups in total. The van der Waals surface area contributed by atoms with Crippen LogP contribution >= 0.6 is 23.1 Å². The number of carbonyl (C=O) groups excluding carboxylic acids is 1. The third kappa shape index (κ3) is 1.22. The van der Waals surface area contributed by atoms with E-state index in [-0.39, 0.29) is 0 Å². The van der Waals surface area contributed by atoms with E-state index in [0.29, 0.717) is 5.01 Å². The summed E-state index contributed by atoms with van der Waals surface area (Å²) in [6, 6.07) is 0. The zero-order chi connectivity index (χ0) is 9.31. The predicted molar refractivity (Wildman–Crippen MR) is 48.7 cm³/mol. The minimum absolute atomic E-state index is 0.502. The molecule has 0 fully saturated rings. The first-order valence-electron chi connectivity index (χ1n) is 3.48. The topological polar surface area (TPSA) is 65.0 Å². The fourth-order valence-corrected chi connectivity index (χ4v) is 2.72. The second-order valence-corrected chi connectivity index (χ2v) is 4.39. The van der Waals surface area contributed by atoms with Gasteiger partial charge in [-0.25, -0.2) is 4.98 Å². The van der Waals surface area contributed by atoms with Gasteiger partial charge in [-0.1, -0.05) is 11.8 Å². The highest BCUT2D eigenvalue weighted by Crippen LogP contribution is 2.38. The first kappa shape index (κ1) is 8.58. The van der Waals surface area contributed by atoms with Crippen molar-refractivity contribution < 1.29 is 9.90 Å². The van der Waals surface area contributed by atoms with Crippen LogP contribution in [0.1, 0.15) is 5.01 Å². The quantitative estimate of drug-likeness (QED) is 0.740. The number of carboxylic acids is 1. The van der Waals surface area contributed by atoms with Gasteiger partial charge in [-0.2, -0.15) is 0 Å². The maximum atomic E-state index is 11.0. The Morgan fingerprint density at radius 2 is 2.54 bits per heavy atom. The fourth-order valence-electron chi connectivity index (χ4n) is 1.03. The van der Waals surface area contributed by atoms with Crippen LogP contribution in [0, 0.1) is 0 Å². The van der Waals surface area contributed by atoms with E-state index in [1.54, 1.807) is 23.2 Å². The molecule has 13 heavy (non-hydrogen) atoms. The van der Waals surface area contributed by atoms with Crippen molar-refractivity contribution in [2.45, 2.75) is 4.87 Å². The normalized spacial score (nSPS) is 25.8. The molecule has 1 aromatic rings. The lowest BCUT2D eigenvalue weighted by Crippen LogP contribution is -2.49. The van der Waals surface area contributed by atoms with Gasteiger partial charge in [0.15, 0.2) is 4.87 Å². The first-order chi connectivity index (χ1) is 6.26. The SMILES string of the molecule is O=C([O-])C1(c2nccs2)NC=CS1. The van der Waals surface area contributed by atoms with E-state index in [9.17, 15) is 9.90 Å². The molecule has 1 atom stereocenters. The van der Waals surface area contributed by atoms with Gasteiger partial charge in [0.1, 0.15) is 5.01 Å². The third-order valence-electron chi connectivity index (χ3n) is 1.62. The Bertz CT molecular complexity index is 339. The molecular formula is C7H5N2O2S2-. The molecule has 0 amide bonds. The van der Waals surface area contributed by atoms with Crippen molar-refractivity contribution in [3.63, 3.8) is 0 Å². The second-order valence-electron chi connectivity index (χ2n) is 2.37. The number of aromatic nitrogens is 1. The van der Waals surface area contributed by atoms with Crippen molar-refractivity contribution in [3.05, 3.63) is 28.2 Å². The van der Waals surface area contributed by atoms with Crippen molar-refractivity contribution in [1.82, 2.24) is 10.3 Å². The van der Waals surface area contributed by atoms with Gasteiger partial charge >= 0.3 is 0 Å². The molecular weight excluding hydrogens is 208 g/mol. The number of hydrogen-bond acceptors (Lipinski definition) is 6. The highest BCUT2D eigenvalue weighted by Gasteiger charge is 2.38. The Morgan fingerprint density at radius 1 is 1.69 bits per heavy atom. The number of thioether (sulfide) groups is 1. The van der Waals surface area contributed by atoms with E-state index < -0.39 is 10.8 Å². The monoisotopic (exact) mass is 213 g/mol. The first-order valence-corrected chi connectivity index (χ1v) is 5.23. The van der Waals surface area contributed by atoms with E-state index >= 15 is 0 Å². The Morgan fingerprint density at radius 3 is 3.00 bits per heavy atom. The van der Waals surface area contributed by atoms with Crippen LogP contribution in [0.5, 0.6) is 0 Å². The Labute approximate surface area is 82.7 Å². The highest BCUT2D eigenvalue weighted by molar-refractivity contribution is 8.04. The summed E-state index contributed by atoms with van der Waals surface area (Å²) in [5.74, 6) is -1.17. The number of aliphatic carboxylic acids is 1. The van der Waals surface area contributed by atoms with Gasteiger partial charge in [0.25, 0.3) is 0 Å². The molecule has 0 aromatic carbocycles. The number of nitrogens with one attached hydrogen (secondary N) is 1. The second kappa shape index (κ2) is 3.04. The van der Waals surface area contributed by atoms with E-state index in [0.717, 1.165) is 11.8 Å². The largest absolute Gasteiger partial charge is 0.546 e. The van der Waals surface area contributed by atoms with Crippen LogP contribution in [0.4, 0.5) is 0 Å². The molecule has 1 unspecified atom stereocenters. The maximum absolute atomic E-state index is 11.0. The van der Waals surface area contributed by atoms with Crippen LogP contribution < -0.4 is 10.4 Å². The van der Waals surface area contributed by atoms with Crippen LogP contribution in [0.25, 0.3) is 0 Å². The number of hydrogen-bond donors (Lipinski definition) is 1. The van der Waals surface area contributed by atoms with Crippen molar-refractivity contribution in [1.29, 1.82) is 0 Å². The van der Waals surface area contributed by atoms with Crippen LogP contribution in [0.15, 0.2) is 23.2 Å². The summed E-state index contributed by atoms with van der Waals surface area (Å²) in [5, 5.41) is 17.6. The molecule has 0 saturated heterocycles. The molecule has 6 heteroatoms. The molecule has 0 aliphatic carbocycles. The van der Waals surface area contributed by atoms with E-state index in [1.807, 2.05) is 0 Å². The summed E-state index contributed by atoms with van der Waals surface area (Å²) in [5.41, 5.74) is 0. The number of rotatable bonds is 2. The van der Waals surface area contributed by atoms with Crippen molar-refractivity contribution in [3.8, 4) is 0 Å². The standard InChI is InChI=1S/C7H6N2O2S2/c10-6(11)7(9-2-4-13-7)5-8-1-3-12-5/h1-4,9H,(H,10,11)/p-1. The molecule has 4 nitrogen and oxygen atoms in total. The summed E-state index contributed by atoms with van der Waals surface area (Å²) in [4.78, 5) is 13.7. The van der Waals surface area contributed by atoms with Crippen molar-refractivity contribution >= 4 is 29.1 Å². The van der Waals surface area contributed by atoms with Crippen molar-refractivity contribution in [2.75, 3.05) is 0 Å². The lowest BCUT2D eigenvalue weighted by Gasteiger charge is -2.27. The van der Waals surface area contributed by atoms with Gasteiger partial charge in [0.2, 0.25) is 0 Å². The van der Waals surface area contributed by atoms with Crippen LogP contribution in [-0.4, -0.2) is 11.0 Å². The molecule has 1 aliphatic rings. The van der Waals surface area contributed by atoms with E-state index in [2.05, 4.69) is 10.3 Å². The summed E-state index contributed by atoms with van der Waals surface area (Å²) in [6.45, 7) is 0. The third-order valence-corrected chi connectivity index (χ3v) is 3.75. The van der Waals surface area contributed by atoms with E-state index in [1.165, 1.54) is 11.3 Å². The van der Waals surface area contributed by atoms with E-state index in [4.69, 9.17) is 0 Å². The van der Waals surface area contributed by atoms with Crippen LogP contribution in [-0.2, 0) is 9.67 Å². The maximum Gasteiger partial charge on any atom is 0.180 e. The molecule has 0 saturated carbocycles. The highest BCUT2D eigenvalue weighted by atomic mass is 32.2. The van der Waals surface area contributed by atoms with Gasteiger partial charge in [-0.15, -0.1) is 11.3 Å². The molecule has 1 aliphatic heterocycles. The molecule has 2 rings (SSSR count). The van der Waals surface area contributed by atoms with Crippen molar-refractivity contribution in [2.24, 2.45) is 0 Å². The summed E-state index contributed by atoms with van der Waals surface area (Å²) < 4.78 is 0. The zero-order valence-corrected chi connectivity index (χ0v) is 8.02. The van der Waals surface area contributed by atoms with Crippen LogP contribution in [0.3, 0.4) is 0 Å². The molecule has 2 heterocycles. The molecule has 1 aromatic heterocycles. The smallest absolute Gasteiger partial charge is 0.180 e. The minimum atomic E-state index is -1.21. The number of carbonyl (C=O) groups is 1. The molecule has 68 valence electrons. The lowest BCUT2D eigenvalue weighted by molar-refractivity contribution is -0.310. The van der Waals surface area contributed by atoms with Crippen LogP contribution in [0.2, 0.25) is 0 Å². The molecule has 0 bridgehead atoms. The number of carboxylic acid groups (broad SMARTS) is 1. The van der Waals surface area contributed by atoms with Gasteiger partial charge in [0.05, 0.1) is 5.97 Å². The Hall–Kier alpha value is -1.01. The zero-order valence-electron chi connectivity index (χ0n) is 6.39. The fraction of sp³-hybridized carbons (Fsp3) is 0.143. The molecule has 0 spiro atoms. The van der Waals surface area contributed by atoms with Gasteiger partial charge in [-0.05, 0) is 5.41 Å². The average molecular weight is 213 g/mol. The predicted octanol–water partition coefficient (Wildman–Crippen LogP) is -0.147. The lowest BCUT2D eigenvalue weighted by atomic mass is 10.3. The summed E-state index contributed by atoms with van der Waals surface area (Å²) >= 11 is 2.44. The van der Waals surface area contributed by atoms with Gasteiger partial charge in [-0.3, -0.25) is 0 Å². The van der Waals surface area contributed by atoms with Gasteiger partial charge in [0, 0.05) is 17.8 Å². The number of nitrogens with zero attached hydrogens (tertiary/aromatic N) is 1. The summed E-state index contributed by atoms with van der Waals surface area (Å²) in [7, 11) is 0. The molecule has 0 radical (unpaired) electrons. The Kier molecular flexibility index (Phi) is 2.01. The van der Waals surface area contributed by atoms with Gasteiger partial charge < -0.3 is 15.2 Å². The number of thiazole rings is 1. The minimum Gasteiger partial charge on any atom is -0.546 e. The average Bonchev–Trinajstić information content (AvgIpc) is 2.75.